The van der Waals surface area contributed by atoms with Crippen molar-refractivity contribution in [2.75, 3.05) is 23.7 Å². The number of nitrogens with zero attached hydrogens (tertiary/aromatic N) is 2. The van der Waals surface area contributed by atoms with Gasteiger partial charge in [-0.2, -0.15) is 5.26 Å². The van der Waals surface area contributed by atoms with Crippen LogP contribution in [0.5, 0.6) is 0 Å². The molecule has 7 heteroatoms. The topological polar surface area (TPSA) is 90.3 Å². The lowest BCUT2D eigenvalue weighted by Gasteiger charge is -2.22. The van der Waals surface area contributed by atoms with Crippen LogP contribution < -0.4 is 9.62 Å². The Morgan fingerprint density at radius 2 is 2.09 bits per heavy atom. The molecule has 0 fully saturated rings. The van der Waals surface area contributed by atoms with E-state index in [1.54, 1.807) is 18.2 Å². The summed E-state index contributed by atoms with van der Waals surface area (Å²) in [7, 11) is -3.53. The van der Waals surface area contributed by atoms with E-state index in [1.165, 1.54) is 6.07 Å². The summed E-state index contributed by atoms with van der Waals surface area (Å²) >= 11 is 0. The molecule has 0 saturated carbocycles. The first kappa shape index (κ1) is 19.0. The highest BCUT2D eigenvalue weighted by molar-refractivity contribution is 7.92. The highest BCUT2D eigenvalue weighted by atomic mass is 32.2. The molecule has 126 valence electrons. The van der Waals surface area contributed by atoms with E-state index in [9.17, 15) is 13.2 Å². The van der Waals surface area contributed by atoms with Gasteiger partial charge in [-0.25, -0.2) is 8.42 Å². The van der Waals surface area contributed by atoms with Crippen LogP contribution in [0.3, 0.4) is 0 Å². The number of hydrogen-bond donors (Lipinski definition) is 1. The number of carbonyl (C=O) groups excluding carboxylic acids is 1. The maximum absolute atomic E-state index is 12.0. The van der Waals surface area contributed by atoms with Crippen LogP contribution in [0.25, 0.3) is 0 Å². The van der Waals surface area contributed by atoms with Crippen molar-refractivity contribution in [1.29, 1.82) is 5.26 Å². The zero-order valence-electron chi connectivity index (χ0n) is 13.7. The molecule has 0 saturated heterocycles. The van der Waals surface area contributed by atoms with Gasteiger partial charge in [0, 0.05) is 19.5 Å². The molecule has 0 atom stereocenters. The number of hydrogen-bond acceptors (Lipinski definition) is 4. The number of nitrogens with one attached hydrogen (secondary N) is 1. The van der Waals surface area contributed by atoms with Crippen molar-refractivity contribution >= 4 is 21.6 Å². The van der Waals surface area contributed by atoms with Gasteiger partial charge >= 0.3 is 0 Å². The van der Waals surface area contributed by atoms with E-state index in [4.69, 9.17) is 5.26 Å². The molecule has 0 heterocycles. The molecule has 1 N–H and O–H groups in total. The lowest BCUT2D eigenvalue weighted by molar-refractivity contribution is -0.120. The number of amides is 1. The summed E-state index contributed by atoms with van der Waals surface area (Å²) in [6.45, 7) is 4.76. The fourth-order valence-electron chi connectivity index (χ4n) is 2.01. The van der Waals surface area contributed by atoms with Crippen LogP contribution in [0.1, 0.15) is 32.3 Å². The van der Waals surface area contributed by atoms with E-state index in [1.807, 2.05) is 6.07 Å². The Hall–Kier alpha value is -2.07. The Bertz CT molecular complexity index is 678. The molecule has 1 amide bonds. The quantitative estimate of drug-likeness (QED) is 0.784. The molecule has 1 aromatic carbocycles. The fourth-order valence-corrected chi connectivity index (χ4v) is 2.93. The standard InChI is InChI=1S/C16H23N3O3S/c1-13(2)7-9-18-16(20)8-10-19(23(3,21)22)15-6-4-5-14(11-15)12-17/h4-6,11,13H,7-10H2,1-3H3,(H,18,20). The van der Waals surface area contributed by atoms with E-state index < -0.39 is 10.0 Å². The summed E-state index contributed by atoms with van der Waals surface area (Å²) in [6.07, 6.45) is 2.04. The first-order valence-electron chi connectivity index (χ1n) is 7.48. The third-order valence-corrected chi connectivity index (χ3v) is 4.44. The largest absolute Gasteiger partial charge is 0.356 e. The molecule has 0 aliphatic carbocycles. The lowest BCUT2D eigenvalue weighted by atomic mass is 10.1. The van der Waals surface area contributed by atoms with Gasteiger partial charge in [0.1, 0.15) is 0 Å². The average Bonchev–Trinajstić information content (AvgIpc) is 2.46. The molecule has 0 unspecified atom stereocenters. The summed E-state index contributed by atoms with van der Waals surface area (Å²) in [5.41, 5.74) is 0.763. The van der Waals surface area contributed by atoms with E-state index in [0.29, 0.717) is 23.7 Å². The van der Waals surface area contributed by atoms with Crippen molar-refractivity contribution in [2.24, 2.45) is 5.92 Å². The van der Waals surface area contributed by atoms with E-state index in [-0.39, 0.29) is 18.9 Å². The Kier molecular flexibility index (Phi) is 7.04. The number of sulfonamides is 1. The van der Waals surface area contributed by atoms with Gasteiger partial charge in [0.05, 0.1) is 23.6 Å². The molecule has 1 rings (SSSR count). The number of carbonyl (C=O) groups is 1. The van der Waals surface area contributed by atoms with Gasteiger partial charge in [-0.3, -0.25) is 9.10 Å². The molecular formula is C16H23N3O3S. The minimum atomic E-state index is -3.53. The van der Waals surface area contributed by atoms with Crippen LogP contribution in [-0.2, 0) is 14.8 Å². The fraction of sp³-hybridized carbons (Fsp3) is 0.500. The molecule has 0 spiro atoms. The van der Waals surface area contributed by atoms with Crippen molar-refractivity contribution in [2.45, 2.75) is 26.7 Å². The van der Waals surface area contributed by atoms with Crippen molar-refractivity contribution in [1.82, 2.24) is 5.32 Å². The summed E-state index contributed by atoms with van der Waals surface area (Å²) in [6, 6.07) is 8.30. The molecule has 0 radical (unpaired) electrons. The molecular weight excluding hydrogens is 314 g/mol. The third kappa shape index (κ3) is 6.70. The number of rotatable bonds is 8. The SMILES string of the molecule is CC(C)CCNC(=O)CCN(c1cccc(C#N)c1)S(C)(=O)=O. The maximum atomic E-state index is 12.0. The van der Waals surface area contributed by atoms with Gasteiger partial charge in [0.2, 0.25) is 15.9 Å². The summed E-state index contributed by atoms with van der Waals surface area (Å²) < 4.78 is 25.1. The van der Waals surface area contributed by atoms with Crippen LogP contribution in [0.2, 0.25) is 0 Å². The van der Waals surface area contributed by atoms with E-state index in [0.717, 1.165) is 17.0 Å². The first-order valence-corrected chi connectivity index (χ1v) is 9.33. The maximum Gasteiger partial charge on any atom is 0.232 e. The van der Waals surface area contributed by atoms with Crippen molar-refractivity contribution in [3.8, 4) is 6.07 Å². The monoisotopic (exact) mass is 337 g/mol. The lowest BCUT2D eigenvalue weighted by Crippen LogP contribution is -2.35. The van der Waals surface area contributed by atoms with Crippen molar-refractivity contribution < 1.29 is 13.2 Å². The van der Waals surface area contributed by atoms with Gasteiger partial charge in [-0.1, -0.05) is 19.9 Å². The van der Waals surface area contributed by atoms with Gasteiger partial charge < -0.3 is 5.32 Å². The minimum Gasteiger partial charge on any atom is -0.356 e. The molecule has 6 nitrogen and oxygen atoms in total. The smallest absolute Gasteiger partial charge is 0.232 e. The van der Waals surface area contributed by atoms with E-state index in [2.05, 4.69) is 19.2 Å². The number of benzene rings is 1. The van der Waals surface area contributed by atoms with Gasteiger partial charge in [-0.05, 0) is 30.5 Å². The summed E-state index contributed by atoms with van der Waals surface area (Å²) in [5.74, 6) is 0.312. The van der Waals surface area contributed by atoms with Crippen molar-refractivity contribution in [3.05, 3.63) is 29.8 Å². The zero-order valence-corrected chi connectivity index (χ0v) is 14.6. The predicted molar refractivity (Wildman–Crippen MR) is 90.4 cm³/mol. The van der Waals surface area contributed by atoms with E-state index >= 15 is 0 Å². The molecule has 1 aromatic rings. The molecule has 0 aromatic heterocycles. The normalized spacial score (nSPS) is 11.1. The van der Waals surface area contributed by atoms with Crippen LogP contribution in [0.15, 0.2) is 24.3 Å². The van der Waals surface area contributed by atoms with Crippen LogP contribution in [0.4, 0.5) is 5.69 Å². The average molecular weight is 337 g/mol. The third-order valence-electron chi connectivity index (χ3n) is 3.25. The minimum absolute atomic E-state index is 0.0429. The Morgan fingerprint density at radius 1 is 1.39 bits per heavy atom. The highest BCUT2D eigenvalue weighted by Gasteiger charge is 2.18. The number of anilines is 1. The number of nitriles is 1. The Morgan fingerprint density at radius 3 is 2.65 bits per heavy atom. The van der Waals surface area contributed by atoms with Crippen LogP contribution in [0, 0.1) is 17.2 Å². The second kappa shape index (κ2) is 8.53. The molecule has 0 bridgehead atoms. The van der Waals surface area contributed by atoms with Crippen LogP contribution in [-0.4, -0.2) is 33.7 Å². The summed E-state index contributed by atoms with van der Waals surface area (Å²) in [4.78, 5) is 11.8. The second-order valence-electron chi connectivity index (χ2n) is 5.78. The predicted octanol–water partition coefficient (Wildman–Crippen LogP) is 1.88. The first-order chi connectivity index (χ1) is 10.7. The van der Waals surface area contributed by atoms with Gasteiger partial charge in [-0.15, -0.1) is 0 Å². The van der Waals surface area contributed by atoms with Gasteiger partial charge in [0.25, 0.3) is 0 Å². The Balaban J connectivity index is 2.74. The second-order valence-corrected chi connectivity index (χ2v) is 7.69. The molecule has 0 aliphatic heterocycles. The molecule has 0 aliphatic rings. The molecule has 23 heavy (non-hydrogen) atoms. The zero-order chi connectivity index (χ0) is 17.5. The highest BCUT2D eigenvalue weighted by Crippen LogP contribution is 2.19. The van der Waals surface area contributed by atoms with Crippen LogP contribution >= 0.6 is 0 Å². The summed E-state index contributed by atoms with van der Waals surface area (Å²) in [5, 5.41) is 11.7. The van der Waals surface area contributed by atoms with Gasteiger partial charge in [0.15, 0.2) is 0 Å². The Labute approximate surface area is 138 Å². The van der Waals surface area contributed by atoms with Crippen molar-refractivity contribution in [3.63, 3.8) is 0 Å².